The van der Waals surface area contributed by atoms with Crippen LogP contribution in [0.2, 0.25) is 0 Å². The minimum absolute atomic E-state index is 0.0308. The number of aromatic hydroxyl groups is 2. The van der Waals surface area contributed by atoms with E-state index in [1.54, 1.807) is 45.0 Å². The number of hydrogen-bond acceptors (Lipinski definition) is 6. The van der Waals surface area contributed by atoms with Crippen molar-refractivity contribution >= 4 is 23.6 Å². The monoisotopic (exact) mass is 603 g/mol. The van der Waals surface area contributed by atoms with Gasteiger partial charge in [0.15, 0.2) is 0 Å². The summed E-state index contributed by atoms with van der Waals surface area (Å²) < 4.78 is 5.50. The van der Waals surface area contributed by atoms with Crippen molar-refractivity contribution in [2.75, 3.05) is 11.9 Å². The predicted molar refractivity (Wildman–Crippen MR) is 172 cm³/mol. The van der Waals surface area contributed by atoms with Crippen LogP contribution >= 0.6 is 0 Å². The van der Waals surface area contributed by atoms with Gasteiger partial charge in [0.2, 0.25) is 5.91 Å². The number of hydrogen-bond donors (Lipinski definition) is 4. The number of para-hydroxylation sites is 1. The molecule has 3 rings (SSSR count). The molecule has 9 heteroatoms. The van der Waals surface area contributed by atoms with Crippen molar-refractivity contribution in [1.82, 2.24) is 10.2 Å². The summed E-state index contributed by atoms with van der Waals surface area (Å²) in [6, 6.07) is 16.2. The lowest BCUT2D eigenvalue weighted by Gasteiger charge is -2.35. The molecule has 0 aliphatic heterocycles. The third-order valence-corrected chi connectivity index (χ3v) is 7.15. The molecule has 0 saturated heterocycles. The van der Waals surface area contributed by atoms with E-state index < -0.39 is 35.6 Å². The Morgan fingerprint density at radius 2 is 1.43 bits per heavy atom. The molecule has 0 aliphatic rings. The molecular weight excluding hydrogens is 558 g/mol. The smallest absolute Gasteiger partial charge is 0.408 e. The first-order valence-electron chi connectivity index (χ1n) is 15.0. The number of phenolic OH excluding ortho intramolecular Hbond substituents is 2. The number of rotatable bonds is 12. The second-order valence-electron chi connectivity index (χ2n) is 12.1. The highest BCUT2D eigenvalue weighted by Gasteiger charge is 2.36. The summed E-state index contributed by atoms with van der Waals surface area (Å²) in [5.74, 6) is -0.773. The number of nitrogens with one attached hydrogen (secondary N) is 2. The van der Waals surface area contributed by atoms with E-state index in [1.165, 1.54) is 29.2 Å². The number of carbonyl (C=O) groups excluding carboxylic acids is 3. The van der Waals surface area contributed by atoms with Crippen LogP contribution in [0.5, 0.6) is 11.5 Å². The van der Waals surface area contributed by atoms with Crippen molar-refractivity contribution in [1.29, 1.82) is 0 Å². The Bertz CT molecular complexity index is 1390. The van der Waals surface area contributed by atoms with Gasteiger partial charge in [0, 0.05) is 18.7 Å². The average molecular weight is 604 g/mol. The van der Waals surface area contributed by atoms with E-state index in [0.717, 1.165) is 24.0 Å². The van der Waals surface area contributed by atoms with Crippen LogP contribution in [0.25, 0.3) is 0 Å². The minimum Gasteiger partial charge on any atom is -0.508 e. The highest BCUT2D eigenvalue weighted by atomic mass is 16.6. The van der Waals surface area contributed by atoms with Crippen molar-refractivity contribution in [3.8, 4) is 11.5 Å². The number of aryl methyl sites for hydroxylation is 2. The van der Waals surface area contributed by atoms with Crippen LogP contribution in [-0.2, 0) is 20.7 Å². The van der Waals surface area contributed by atoms with Gasteiger partial charge >= 0.3 is 6.09 Å². The Morgan fingerprint density at radius 1 is 0.864 bits per heavy atom. The second kappa shape index (κ2) is 15.3. The molecule has 9 nitrogen and oxygen atoms in total. The molecule has 4 N–H and O–H groups in total. The Morgan fingerprint density at radius 3 is 1.98 bits per heavy atom. The summed E-state index contributed by atoms with van der Waals surface area (Å²) in [4.78, 5) is 43.2. The van der Waals surface area contributed by atoms with Crippen LogP contribution in [0, 0.1) is 13.8 Å². The van der Waals surface area contributed by atoms with Crippen molar-refractivity contribution in [2.45, 2.75) is 84.9 Å². The van der Waals surface area contributed by atoms with E-state index in [1.807, 2.05) is 32.0 Å². The van der Waals surface area contributed by atoms with E-state index in [-0.39, 0.29) is 24.5 Å². The van der Waals surface area contributed by atoms with Crippen LogP contribution in [0.1, 0.15) is 75.3 Å². The van der Waals surface area contributed by atoms with Gasteiger partial charge in [-0.15, -0.1) is 0 Å². The fourth-order valence-corrected chi connectivity index (χ4v) is 4.95. The molecule has 0 radical (unpaired) electrons. The molecular formula is C35H45N3O6. The summed E-state index contributed by atoms with van der Waals surface area (Å²) in [6.45, 7) is 11.3. The van der Waals surface area contributed by atoms with Crippen LogP contribution in [-0.4, -0.2) is 51.2 Å². The van der Waals surface area contributed by atoms with Crippen molar-refractivity contribution in [3.05, 3.63) is 89.0 Å². The average Bonchev–Trinajstić information content (AvgIpc) is 2.95. The Hall–Kier alpha value is -4.53. The van der Waals surface area contributed by atoms with Gasteiger partial charge < -0.3 is 30.5 Å². The van der Waals surface area contributed by atoms with Crippen LogP contribution in [0.15, 0.2) is 66.7 Å². The molecule has 0 aromatic heterocycles. The van der Waals surface area contributed by atoms with Crippen molar-refractivity contribution in [3.63, 3.8) is 0 Å². The lowest BCUT2D eigenvalue weighted by atomic mass is 9.99. The number of phenols is 2. The van der Waals surface area contributed by atoms with Gasteiger partial charge in [-0.05, 0) is 87.6 Å². The van der Waals surface area contributed by atoms with Gasteiger partial charge in [0.25, 0.3) is 5.91 Å². The molecule has 2 atom stereocenters. The van der Waals surface area contributed by atoms with E-state index in [4.69, 9.17) is 4.74 Å². The summed E-state index contributed by atoms with van der Waals surface area (Å²) in [7, 11) is 0. The number of ether oxygens (including phenoxy) is 1. The van der Waals surface area contributed by atoms with Crippen LogP contribution in [0.3, 0.4) is 0 Å². The zero-order chi connectivity index (χ0) is 32.4. The fraction of sp³-hybridized carbons (Fsp3) is 0.400. The first-order valence-corrected chi connectivity index (χ1v) is 15.0. The minimum atomic E-state index is -1.08. The molecule has 3 aromatic rings. The molecule has 3 amide bonds. The Kier molecular flexibility index (Phi) is 11.8. The van der Waals surface area contributed by atoms with Gasteiger partial charge in [-0.1, -0.05) is 62.2 Å². The summed E-state index contributed by atoms with van der Waals surface area (Å²) in [5.41, 5.74) is 2.84. The number of unbranched alkanes of at least 4 members (excludes halogenated alkanes) is 2. The molecule has 0 heterocycles. The topological polar surface area (TPSA) is 128 Å². The zero-order valence-electron chi connectivity index (χ0n) is 26.5. The molecule has 236 valence electrons. The zero-order valence-corrected chi connectivity index (χ0v) is 26.5. The maximum Gasteiger partial charge on any atom is 0.408 e. The molecule has 3 aromatic carbocycles. The number of carbonyl (C=O) groups is 3. The maximum atomic E-state index is 14.6. The van der Waals surface area contributed by atoms with E-state index in [2.05, 4.69) is 17.6 Å². The highest BCUT2D eigenvalue weighted by Crippen LogP contribution is 2.29. The van der Waals surface area contributed by atoms with Crippen LogP contribution in [0.4, 0.5) is 10.5 Å². The molecule has 0 fully saturated rings. The van der Waals surface area contributed by atoms with Gasteiger partial charge in [0.05, 0.1) is 0 Å². The van der Waals surface area contributed by atoms with Gasteiger partial charge in [-0.2, -0.15) is 0 Å². The summed E-state index contributed by atoms with van der Waals surface area (Å²) in [6.07, 6.45) is 1.69. The first-order chi connectivity index (χ1) is 20.8. The van der Waals surface area contributed by atoms with E-state index >= 15 is 0 Å². The van der Waals surface area contributed by atoms with Crippen molar-refractivity contribution in [2.24, 2.45) is 0 Å². The first kappa shape index (κ1) is 34.0. The molecule has 0 spiro atoms. The number of alkyl carbamates (subject to hydrolysis) is 1. The third kappa shape index (κ3) is 9.76. The standard InChI is InChI=1S/C35H45N3O6/c1-7-8-9-21-38(33(42)29(36-34(43)44-35(4,5)6)22-25-13-17-27(39)18-14-25)31(26-15-19-28(40)20-16-26)32(41)37-30-23(2)11-10-12-24(30)3/h10-20,29,31,39-40H,7-9,21-22H2,1-6H3,(H,36,43)(H,37,41). The Balaban J connectivity index is 2.09. The maximum absolute atomic E-state index is 14.6. The van der Waals surface area contributed by atoms with Gasteiger partial charge in [-0.25, -0.2) is 4.79 Å². The molecule has 0 saturated carbocycles. The predicted octanol–water partition coefficient (Wildman–Crippen LogP) is 6.55. The number of anilines is 1. The quantitative estimate of drug-likeness (QED) is 0.174. The van der Waals surface area contributed by atoms with E-state index in [0.29, 0.717) is 23.2 Å². The summed E-state index contributed by atoms with van der Waals surface area (Å²) in [5, 5.41) is 25.6. The summed E-state index contributed by atoms with van der Waals surface area (Å²) >= 11 is 0. The fourth-order valence-electron chi connectivity index (χ4n) is 4.95. The number of amides is 3. The van der Waals surface area contributed by atoms with E-state index in [9.17, 15) is 24.6 Å². The molecule has 44 heavy (non-hydrogen) atoms. The normalized spacial score (nSPS) is 12.6. The SMILES string of the molecule is CCCCCN(C(=O)C(Cc1ccc(O)cc1)NC(=O)OC(C)(C)C)C(C(=O)Nc1c(C)cccc1C)c1ccc(O)cc1. The largest absolute Gasteiger partial charge is 0.508 e. The Labute approximate surface area is 260 Å². The van der Waals surface area contributed by atoms with Crippen molar-refractivity contribution < 1.29 is 29.3 Å². The second-order valence-corrected chi connectivity index (χ2v) is 12.1. The van der Waals surface area contributed by atoms with Crippen LogP contribution < -0.4 is 10.6 Å². The molecule has 2 unspecified atom stereocenters. The third-order valence-electron chi connectivity index (χ3n) is 7.15. The lowest BCUT2D eigenvalue weighted by Crippen LogP contribution is -2.53. The van der Waals surface area contributed by atoms with Gasteiger partial charge in [0.1, 0.15) is 29.2 Å². The number of benzene rings is 3. The highest BCUT2D eigenvalue weighted by molar-refractivity contribution is 6.00. The lowest BCUT2D eigenvalue weighted by molar-refractivity contribution is -0.140. The molecule has 0 bridgehead atoms. The molecule has 0 aliphatic carbocycles. The van der Waals surface area contributed by atoms with Gasteiger partial charge in [-0.3, -0.25) is 9.59 Å². The number of nitrogens with zero attached hydrogens (tertiary/aromatic N) is 1.